The van der Waals surface area contributed by atoms with Gasteiger partial charge in [0.2, 0.25) is 5.88 Å². The standard InChI is InChI=1S/C24H28F3N5O3/c1-34-6-2-3-14-7-20-22(31-10-14)21(23(29)35-20)19(33)8-15-11-30-5-4-18(15)32-12-16(24(25,26)27)9-17(28)13-32/h4-5,7,10-11,16-17H,2-3,6,8-9,12-13,28-29H2,1H3/t16-,17+/m1/s1. The summed E-state index contributed by atoms with van der Waals surface area (Å²) in [6, 6.07) is 2.77. The van der Waals surface area contributed by atoms with E-state index in [9.17, 15) is 18.0 Å². The highest BCUT2D eigenvalue weighted by atomic mass is 19.4. The molecular formula is C24H28F3N5O3. The van der Waals surface area contributed by atoms with Crippen LogP contribution in [0.25, 0.3) is 11.1 Å². The van der Waals surface area contributed by atoms with E-state index < -0.39 is 18.1 Å². The molecule has 2 atom stereocenters. The summed E-state index contributed by atoms with van der Waals surface area (Å²) in [6.45, 7) is 0.635. The minimum absolute atomic E-state index is 0.0471. The van der Waals surface area contributed by atoms with Crippen molar-refractivity contribution >= 4 is 28.5 Å². The molecule has 0 aromatic carbocycles. The molecule has 0 bridgehead atoms. The van der Waals surface area contributed by atoms with Gasteiger partial charge in [-0.3, -0.25) is 14.8 Å². The number of hydrogen-bond acceptors (Lipinski definition) is 8. The number of piperidine rings is 1. The number of carbonyl (C=O) groups is 1. The summed E-state index contributed by atoms with van der Waals surface area (Å²) in [5.41, 5.74) is 14.8. The Kier molecular flexibility index (Phi) is 7.27. The molecule has 0 spiro atoms. The Labute approximate surface area is 200 Å². The van der Waals surface area contributed by atoms with Crippen LogP contribution in [0.4, 0.5) is 24.7 Å². The summed E-state index contributed by atoms with van der Waals surface area (Å²) in [4.78, 5) is 23.3. The Bertz CT molecular complexity index is 1200. The van der Waals surface area contributed by atoms with Gasteiger partial charge in [0.15, 0.2) is 11.4 Å². The van der Waals surface area contributed by atoms with E-state index in [1.165, 1.54) is 12.4 Å². The van der Waals surface area contributed by atoms with Gasteiger partial charge in [0, 0.05) is 69.1 Å². The summed E-state index contributed by atoms with van der Waals surface area (Å²) in [6.07, 6.45) is 1.58. The highest BCUT2D eigenvalue weighted by Crippen LogP contribution is 2.36. The first-order valence-corrected chi connectivity index (χ1v) is 11.4. The fourth-order valence-corrected chi connectivity index (χ4v) is 4.56. The predicted molar refractivity (Wildman–Crippen MR) is 125 cm³/mol. The van der Waals surface area contributed by atoms with Crippen molar-refractivity contribution in [2.75, 3.05) is 37.4 Å². The molecule has 4 rings (SSSR count). The lowest BCUT2D eigenvalue weighted by Gasteiger charge is -2.39. The quantitative estimate of drug-likeness (QED) is 0.363. The van der Waals surface area contributed by atoms with Crippen LogP contribution >= 0.6 is 0 Å². The summed E-state index contributed by atoms with van der Waals surface area (Å²) in [7, 11) is 1.63. The first kappa shape index (κ1) is 24.9. The molecule has 4 heterocycles. The molecule has 3 aromatic heterocycles. The van der Waals surface area contributed by atoms with Crippen LogP contribution in [0.5, 0.6) is 0 Å². The Morgan fingerprint density at radius 2 is 2.11 bits per heavy atom. The molecule has 188 valence electrons. The number of aryl methyl sites for hydroxylation is 1. The highest BCUT2D eigenvalue weighted by molar-refractivity contribution is 6.10. The van der Waals surface area contributed by atoms with Crippen molar-refractivity contribution < 1.29 is 27.1 Å². The zero-order chi connectivity index (χ0) is 25.2. The van der Waals surface area contributed by atoms with Crippen LogP contribution < -0.4 is 16.4 Å². The smallest absolute Gasteiger partial charge is 0.393 e. The molecule has 8 nitrogen and oxygen atoms in total. The molecule has 0 radical (unpaired) electrons. The highest BCUT2D eigenvalue weighted by Gasteiger charge is 2.44. The van der Waals surface area contributed by atoms with Crippen LogP contribution in [-0.4, -0.2) is 54.8 Å². The number of methoxy groups -OCH3 is 1. The first-order valence-electron chi connectivity index (χ1n) is 11.4. The van der Waals surface area contributed by atoms with Gasteiger partial charge in [-0.25, -0.2) is 0 Å². The number of fused-ring (bicyclic) bond motifs is 1. The molecule has 1 fully saturated rings. The average Bonchev–Trinajstić information content (AvgIpc) is 3.13. The number of nitrogen functional groups attached to an aromatic ring is 1. The summed E-state index contributed by atoms with van der Waals surface area (Å²) in [5, 5.41) is 0. The maximum Gasteiger partial charge on any atom is 0.393 e. The average molecular weight is 492 g/mol. The number of ketones is 1. The molecule has 11 heteroatoms. The van der Waals surface area contributed by atoms with Crippen LogP contribution in [-0.2, 0) is 17.6 Å². The van der Waals surface area contributed by atoms with Crippen molar-refractivity contribution in [2.45, 2.75) is 37.9 Å². The van der Waals surface area contributed by atoms with Crippen LogP contribution in [0.15, 0.2) is 35.1 Å². The van der Waals surface area contributed by atoms with Crippen molar-refractivity contribution in [3.8, 4) is 0 Å². The molecule has 0 saturated carbocycles. The second-order valence-corrected chi connectivity index (χ2v) is 8.87. The molecule has 0 amide bonds. The zero-order valence-electron chi connectivity index (χ0n) is 19.3. The van der Waals surface area contributed by atoms with Crippen LogP contribution in [0, 0.1) is 5.92 Å². The van der Waals surface area contributed by atoms with Gasteiger partial charge < -0.3 is 25.5 Å². The van der Waals surface area contributed by atoms with Crippen LogP contribution in [0.2, 0.25) is 0 Å². The lowest BCUT2D eigenvalue weighted by molar-refractivity contribution is -0.177. The third kappa shape index (κ3) is 5.57. The Hall–Kier alpha value is -3.18. The van der Waals surface area contributed by atoms with E-state index in [2.05, 4.69) is 9.97 Å². The van der Waals surface area contributed by atoms with E-state index in [-0.39, 0.29) is 43.2 Å². The van der Waals surface area contributed by atoms with E-state index >= 15 is 0 Å². The van der Waals surface area contributed by atoms with Crippen molar-refractivity contribution in [3.05, 3.63) is 47.4 Å². The predicted octanol–water partition coefficient (Wildman–Crippen LogP) is 3.53. The maximum absolute atomic E-state index is 13.4. The summed E-state index contributed by atoms with van der Waals surface area (Å²) >= 11 is 0. The van der Waals surface area contributed by atoms with Gasteiger partial charge >= 0.3 is 6.18 Å². The van der Waals surface area contributed by atoms with Gasteiger partial charge in [-0.05, 0) is 37.0 Å². The second-order valence-electron chi connectivity index (χ2n) is 8.87. The number of Topliss-reactive ketones (excluding diaryl/α,β-unsaturated/α-hetero) is 1. The van der Waals surface area contributed by atoms with E-state index in [0.29, 0.717) is 29.0 Å². The van der Waals surface area contributed by atoms with Gasteiger partial charge in [-0.2, -0.15) is 13.2 Å². The number of aromatic nitrogens is 2. The first-order chi connectivity index (χ1) is 16.7. The number of anilines is 2. The van der Waals surface area contributed by atoms with E-state index in [4.69, 9.17) is 20.6 Å². The molecule has 1 aliphatic rings. The maximum atomic E-state index is 13.4. The molecule has 35 heavy (non-hydrogen) atoms. The number of alkyl halides is 3. The molecule has 1 aliphatic heterocycles. The fourth-order valence-electron chi connectivity index (χ4n) is 4.56. The number of halogens is 3. The SMILES string of the molecule is COCCCc1cnc2c(C(=O)Cc3cnccc3N3C[C@@H](N)C[C@@H](C(F)(F)F)C3)c(N)oc2c1. The number of furan rings is 1. The minimum atomic E-state index is -4.35. The Morgan fingerprint density at radius 3 is 2.86 bits per heavy atom. The van der Waals surface area contributed by atoms with Crippen molar-refractivity contribution in [1.29, 1.82) is 0 Å². The third-order valence-corrected chi connectivity index (χ3v) is 6.22. The number of pyridine rings is 2. The van der Waals surface area contributed by atoms with Gasteiger partial charge in [0.1, 0.15) is 11.1 Å². The van der Waals surface area contributed by atoms with Gasteiger partial charge in [0.25, 0.3) is 0 Å². The van der Waals surface area contributed by atoms with Crippen molar-refractivity contribution in [2.24, 2.45) is 11.7 Å². The van der Waals surface area contributed by atoms with Gasteiger partial charge in [-0.15, -0.1) is 0 Å². The minimum Gasteiger partial charge on any atom is -0.438 e. The van der Waals surface area contributed by atoms with E-state index in [1.54, 1.807) is 30.3 Å². The van der Waals surface area contributed by atoms with Gasteiger partial charge in [0.05, 0.1) is 5.92 Å². The molecule has 4 N–H and O–H groups in total. The lowest BCUT2D eigenvalue weighted by atomic mass is 9.93. The van der Waals surface area contributed by atoms with Crippen LogP contribution in [0.1, 0.15) is 34.3 Å². The number of rotatable bonds is 8. The normalized spacial score (nSPS) is 18.8. The van der Waals surface area contributed by atoms with E-state index in [1.807, 2.05) is 0 Å². The number of nitrogens with zero attached hydrogens (tertiary/aromatic N) is 3. The fraction of sp³-hybridized carbons (Fsp3) is 0.458. The lowest BCUT2D eigenvalue weighted by Crippen LogP contribution is -2.51. The van der Waals surface area contributed by atoms with Crippen molar-refractivity contribution in [3.63, 3.8) is 0 Å². The van der Waals surface area contributed by atoms with Crippen molar-refractivity contribution in [1.82, 2.24) is 9.97 Å². The molecule has 3 aromatic rings. The molecule has 1 saturated heterocycles. The topological polar surface area (TPSA) is 120 Å². The van der Waals surface area contributed by atoms with Crippen LogP contribution in [0.3, 0.4) is 0 Å². The number of ether oxygens (including phenoxy) is 1. The largest absolute Gasteiger partial charge is 0.438 e. The summed E-state index contributed by atoms with van der Waals surface area (Å²) in [5.74, 6) is -1.95. The van der Waals surface area contributed by atoms with E-state index in [0.717, 1.165) is 18.4 Å². The number of carbonyl (C=O) groups excluding carboxylic acids is 1. The second kappa shape index (κ2) is 10.2. The third-order valence-electron chi connectivity index (χ3n) is 6.22. The monoisotopic (exact) mass is 491 g/mol. The Morgan fingerprint density at radius 1 is 1.31 bits per heavy atom. The van der Waals surface area contributed by atoms with Gasteiger partial charge in [-0.1, -0.05) is 0 Å². The molecule has 0 aliphatic carbocycles. The number of nitrogens with two attached hydrogens (primary N) is 2. The Balaban J connectivity index is 1.58. The summed E-state index contributed by atoms with van der Waals surface area (Å²) < 4.78 is 50.9. The molecular weight excluding hydrogens is 463 g/mol. The zero-order valence-corrected chi connectivity index (χ0v) is 19.3. The molecule has 0 unspecified atom stereocenters. The number of hydrogen-bond donors (Lipinski definition) is 2.